The average Bonchev–Trinajstić information content (AvgIpc) is 3.13. The fourth-order valence-corrected chi connectivity index (χ4v) is 4.19. The average molecular weight is 403 g/mol. The molecule has 1 N–H and O–H groups in total. The molecule has 0 radical (unpaired) electrons. The molecule has 0 fully saturated rings. The molecule has 0 saturated carbocycles. The van der Waals surface area contributed by atoms with Crippen LogP contribution >= 0.6 is 11.3 Å². The number of aromatic nitrogens is 1. The van der Waals surface area contributed by atoms with Gasteiger partial charge in [-0.1, -0.05) is 29.8 Å². The van der Waals surface area contributed by atoms with Crippen molar-refractivity contribution in [3.63, 3.8) is 0 Å². The number of carbonyl (C=O) groups is 1. The van der Waals surface area contributed by atoms with E-state index < -0.39 is 0 Å². The zero-order valence-electron chi connectivity index (χ0n) is 16.7. The minimum Gasteiger partial charge on any atom is -0.483 e. The second-order valence-corrected chi connectivity index (χ2v) is 8.15. The van der Waals surface area contributed by atoms with Gasteiger partial charge in [0.25, 0.3) is 5.91 Å². The molecule has 0 aliphatic carbocycles. The summed E-state index contributed by atoms with van der Waals surface area (Å²) in [4.78, 5) is 17.0. The van der Waals surface area contributed by atoms with Crippen LogP contribution in [0.25, 0.3) is 20.8 Å². The Labute approximate surface area is 174 Å². The lowest BCUT2D eigenvalue weighted by Crippen LogP contribution is -2.20. The Morgan fingerprint density at radius 3 is 2.59 bits per heavy atom. The predicted octanol–water partition coefficient (Wildman–Crippen LogP) is 5.91. The highest BCUT2D eigenvalue weighted by Gasteiger charge is 2.10. The number of nitrogens with one attached hydrogen (secondary N) is 1. The number of rotatable bonds is 5. The summed E-state index contributed by atoms with van der Waals surface area (Å²) in [6.07, 6.45) is 0. The number of ether oxygens (including phenoxy) is 1. The van der Waals surface area contributed by atoms with Gasteiger partial charge in [-0.15, -0.1) is 11.3 Å². The van der Waals surface area contributed by atoms with Crippen molar-refractivity contribution < 1.29 is 9.53 Å². The van der Waals surface area contributed by atoms with E-state index in [2.05, 4.69) is 17.4 Å². The summed E-state index contributed by atoms with van der Waals surface area (Å²) >= 11 is 1.67. The first kappa shape index (κ1) is 19.2. The van der Waals surface area contributed by atoms with Crippen molar-refractivity contribution in [2.45, 2.75) is 20.8 Å². The van der Waals surface area contributed by atoms with Crippen LogP contribution in [0.1, 0.15) is 16.7 Å². The summed E-state index contributed by atoms with van der Waals surface area (Å²) < 4.78 is 6.84. The lowest BCUT2D eigenvalue weighted by molar-refractivity contribution is -0.118. The minimum absolute atomic E-state index is 0.0248. The van der Waals surface area contributed by atoms with Crippen LogP contribution in [0, 0.1) is 20.8 Å². The number of para-hydroxylation sites is 1. The number of nitrogens with zero attached hydrogens (tertiary/aromatic N) is 1. The Kier molecular flexibility index (Phi) is 5.32. The van der Waals surface area contributed by atoms with Gasteiger partial charge in [0.15, 0.2) is 6.61 Å². The summed E-state index contributed by atoms with van der Waals surface area (Å²) in [6.45, 7) is 5.97. The van der Waals surface area contributed by atoms with Crippen molar-refractivity contribution in [1.29, 1.82) is 0 Å². The summed E-state index contributed by atoms with van der Waals surface area (Å²) in [5.41, 5.74) is 6.02. The maximum absolute atomic E-state index is 12.3. The third-order valence-corrected chi connectivity index (χ3v) is 5.82. The maximum Gasteiger partial charge on any atom is 0.262 e. The van der Waals surface area contributed by atoms with E-state index in [0.717, 1.165) is 38.7 Å². The van der Waals surface area contributed by atoms with E-state index in [1.165, 1.54) is 10.3 Å². The van der Waals surface area contributed by atoms with Gasteiger partial charge in [0.05, 0.1) is 10.2 Å². The maximum atomic E-state index is 12.3. The van der Waals surface area contributed by atoms with E-state index in [1.807, 2.05) is 69.3 Å². The molecular formula is C24H22N2O2S. The molecule has 1 amide bonds. The zero-order valence-corrected chi connectivity index (χ0v) is 17.5. The molecule has 1 heterocycles. The largest absolute Gasteiger partial charge is 0.483 e. The summed E-state index contributed by atoms with van der Waals surface area (Å²) in [6, 6.07) is 20.0. The summed E-state index contributed by atoms with van der Waals surface area (Å²) in [5.74, 6) is 0.550. The first-order valence-electron chi connectivity index (χ1n) is 9.46. The molecule has 0 aliphatic heterocycles. The van der Waals surface area contributed by atoms with Gasteiger partial charge in [0, 0.05) is 11.3 Å². The Hall–Kier alpha value is -3.18. The van der Waals surface area contributed by atoms with Crippen LogP contribution in [0.3, 0.4) is 0 Å². The molecule has 4 aromatic rings. The molecule has 0 unspecified atom stereocenters. The highest BCUT2D eigenvalue weighted by molar-refractivity contribution is 7.21. The smallest absolute Gasteiger partial charge is 0.262 e. The van der Waals surface area contributed by atoms with Gasteiger partial charge in [0.2, 0.25) is 0 Å². The molecule has 0 spiro atoms. The second-order valence-electron chi connectivity index (χ2n) is 7.12. The molecule has 3 aromatic carbocycles. The van der Waals surface area contributed by atoms with Gasteiger partial charge in [-0.3, -0.25) is 4.79 Å². The molecule has 1 aromatic heterocycles. The second kappa shape index (κ2) is 8.05. The van der Waals surface area contributed by atoms with Crippen molar-refractivity contribution >= 4 is 33.1 Å². The van der Waals surface area contributed by atoms with Crippen LogP contribution in [-0.2, 0) is 4.79 Å². The summed E-state index contributed by atoms with van der Waals surface area (Å²) in [5, 5.41) is 3.91. The van der Waals surface area contributed by atoms with Crippen molar-refractivity contribution in [3.05, 3.63) is 77.4 Å². The molecular weight excluding hydrogens is 380 g/mol. The number of thiazole rings is 1. The van der Waals surface area contributed by atoms with E-state index in [4.69, 9.17) is 9.72 Å². The molecule has 0 aliphatic rings. The normalized spacial score (nSPS) is 10.9. The van der Waals surface area contributed by atoms with E-state index in [-0.39, 0.29) is 12.5 Å². The van der Waals surface area contributed by atoms with Gasteiger partial charge >= 0.3 is 0 Å². The number of benzene rings is 3. The number of aryl methyl sites for hydroxylation is 3. The van der Waals surface area contributed by atoms with E-state index in [0.29, 0.717) is 0 Å². The Morgan fingerprint density at radius 1 is 1.00 bits per heavy atom. The number of amides is 1. The van der Waals surface area contributed by atoms with Crippen molar-refractivity contribution in [3.8, 4) is 16.3 Å². The highest BCUT2D eigenvalue weighted by Crippen LogP contribution is 2.32. The van der Waals surface area contributed by atoms with Crippen LogP contribution in [0.15, 0.2) is 60.7 Å². The number of fused-ring (bicyclic) bond motifs is 1. The van der Waals surface area contributed by atoms with Gasteiger partial charge in [-0.25, -0.2) is 4.98 Å². The fourth-order valence-electron chi connectivity index (χ4n) is 3.22. The quantitative estimate of drug-likeness (QED) is 0.452. The van der Waals surface area contributed by atoms with Crippen LogP contribution < -0.4 is 10.1 Å². The Bertz CT molecular complexity index is 1160. The number of carbonyl (C=O) groups excluding carboxylic acids is 1. The third-order valence-electron chi connectivity index (χ3n) is 4.73. The van der Waals surface area contributed by atoms with Crippen LogP contribution in [0.5, 0.6) is 5.75 Å². The third kappa shape index (κ3) is 4.30. The zero-order chi connectivity index (χ0) is 20.4. The van der Waals surface area contributed by atoms with E-state index >= 15 is 0 Å². The highest BCUT2D eigenvalue weighted by atomic mass is 32.1. The standard InChI is InChI=1S/C24H22N2O2S/c1-15-8-11-21(17(3)12-15)28-14-23(27)25-19-10-9-18(13-16(19)2)24-26-20-6-4-5-7-22(20)29-24/h4-13H,14H2,1-3H3,(H,25,27). The summed E-state index contributed by atoms with van der Waals surface area (Å²) in [7, 11) is 0. The molecule has 4 rings (SSSR count). The van der Waals surface area contributed by atoms with Crippen LogP contribution in [0.2, 0.25) is 0 Å². The molecule has 29 heavy (non-hydrogen) atoms. The van der Waals surface area contributed by atoms with Gasteiger partial charge < -0.3 is 10.1 Å². The molecule has 4 nitrogen and oxygen atoms in total. The Balaban J connectivity index is 1.44. The fraction of sp³-hybridized carbons (Fsp3) is 0.167. The van der Waals surface area contributed by atoms with Crippen molar-refractivity contribution in [2.24, 2.45) is 0 Å². The van der Waals surface area contributed by atoms with Gasteiger partial charge in [0.1, 0.15) is 10.8 Å². The molecule has 146 valence electrons. The molecule has 5 heteroatoms. The van der Waals surface area contributed by atoms with Crippen LogP contribution in [0.4, 0.5) is 5.69 Å². The molecule has 0 atom stereocenters. The first-order chi connectivity index (χ1) is 14.0. The number of hydrogen-bond acceptors (Lipinski definition) is 4. The molecule has 0 saturated heterocycles. The Morgan fingerprint density at radius 2 is 1.83 bits per heavy atom. The number of hydrogen-bond donors (Lipinski definition) is 1. The van der Waals surface area contributed by atoms with Crippen molar-refractivity contribution in [1.82, 2.24) is 4.98 Å². The van der Waals surface area contributed by atoms with Crippen molar-refractivity contribution in [2.75, 3.05) is 11.9 Å². The predicted molar refractivity (Wildman–Crippen MR) is 120 cm³/mol. The van der Waals surface area contributed by atoms with E-state index in [1.54, 1.807) is 11.3 Å². The monoisotopic (exact) mass is 402 g/mol. The van der Waals surface area contributed by atoms with Crippen LogP contribution in [-0.4, -0.2) is 17.5 Å². The minimum atomic E-state index is -0.180. The SMILES string of the molecule is Cc1ccc(OCC(=O)Nc2ccc(-c3nc4ccccc4s3)cc2C)c(C)c1. The van der Waals surface area contributed by atoms with E-state index in [9.17, 15) is 4.79 Å². The lowest BCUT2D eigenvalue weighted by atomic mass is 10.1. The topological polar surface area (TPSA) is 51.2 Å². The lowest BCUT2D eigenvalue weighted by Gasteiger charge is -2.12. The van der Waals surface area contributed by atoms with Gasteiger partial charge in [-0.05, 0) is 68.3 Å². The first-order valence-corrected chi connectivity index (χ1v) is 10.3. The van der Waals surface area contributed by atoms with Gasteiger partial charge in [-0.2, -0.15) is 0 Å². The molecule has 0 bridgehead atoms. The number of anilines is 1.